The van der Waals surface area contributed by atoms with E-state index in [4.69, 9.17) is 4.74 Å². The number of carbonyl (C=O) groups is 2. The summed E-state index contributed by atoms with van der Waals surface area (Å²) in [7, 11) is 0. The van der Waals surface area contributed by atoms with Gasteiger partial charge in [0.25, 0.3) is 0 Å². The van der Waals surface area contributed by atoms with E-state index in [-0.39, 0.29) is 18.2 Å². The minimum Gasteiger partial charge on any atom is -0.460 e. The SMILES string of the molecule is C=C(C)C(=O)CCCC(=O)OC(C)(C)C. The molecule has 86 valence electrons. The lowest BCUT2D eigenvalue weighted by Crippen LogP contribution is -2.23. The van der Waals surface area contributed by atoms with Crippen molar-refractivity contribution in [1.29, 1.82) is 0 Å². The first-order valence-corrected chi connectivity index (χ1v) is 5.13. The van der Waals surface area contributed by atoms with E-state index in [0.717, 1.165) is 0 Å². The fourth-order valence-corrected chi connectivity index (χ4v) is 0.999. The van der Waals surface area contributed by atoms with Crippen molar-refractivity contribution in [3.05, 3.63) is 12.2 Å². The Hall–Kier alpha value is -1.12. The van der Waals surface area contributed by atoms with E-state index in [0.29, 0.717) is 18.4 Å². The van der Waals surface area contributed by atoms with Crippen molar-refractivity contribution in [2.45, 2.75) is 52.6 Å². The molecule has 0 radical (unpaired) electrons. The van der Waals surface area contributed by atoms with E-state index >= 15 is 0 Å². The average Bonchev–Trinajstić information content (AvgIpc) is 2.00. The zero-order valence-electron chi connectivity index (χ0n) is 10.1. The van der Waals surface area contributed by atoms with Crippen LogP contribution >= 0.6 is 0 Å². The lowest BCUT2D eigenvalue weighted by atomic mass is 10.1. The predicted molar refractivity (Wildman–Crippen MR) is 59.5 cm³/mol. The van der Waals surface area contributed by atoms with Gasteiger partial charge >= 0.3 is 5.97 Å². The largest absolute Gasteiger partial charge is 0.460 e. The summed E-state index contributed by atoms with van der Waals surface area (Å²) in [5.41, 5.74) is 0.0920. The van der Waals surface area contributed by atoms with Crippen LogP contribution in [0.1, 0.15) is 47.0 Å². The van der Waals surface area contributed by atoms with Gasteiger partial charge in [0.15, 0.2) is 5.78 Å². The number of hydrogen-bond acceptors (Lipinski definition) is 3. The second-order valence-corrected chi connectivity index (χ2v) is 4.64. The predicted octanol–water partition coefficient (Wildman–Crippen LogP) is 2.64. The Morgan fingerprint density at radius 1 is 1.20 bits per heavy atom. The lowest BCUT2D eigenvalue weighted by Gasteiger charge is -2.19. The number of ether oxygens (including phenoxy) is 1. The summed E-state index contributed by atoms with van der Waals surface area (Å²) < 4.78 is 5.11. The summed E-state index contributed by atoms with van der Waals surface area (Å²) in [6.45, 7) is 10.7. The minimum atomic E-state index is -0.449. The van der Waals surface area contributed by atoms with Crippen LogP contribution in [0.25, 0.3) is 0 Å². The van der Waals surface area contributed by atoms with Gasteiger partial charge in [-0.25, -0.2) is 0 Å². The van der Waals surface area contributed by atoms with Gasteiger partial charge < -0.3 is 4.74 Å². The molecule has 0 saturated carbocycles. The van der Waals surface area contributed by atoms with Gasteiger partial charge in [-0.15, -0.1) is 0 Å². The molecule has 0 aliphatic heterocycles. The Balaban J connectivity index is 3.74. The van der Waals surface area contributed by atoms with E-state index in [9.17, 15) is 9.59 Å². The average molecular weight is 212 g/mol. The summed E-state index contributed by atoms with van der Waals surface area (Å²) in [6, 6.07) is 0. The topological polar surface area (TPSA) is 43.4 Å². The summed E-state index contributed by atoms with van der Waals surface area (Å²) in [4.78, 5) is 22.4. The van der Waals surface area contributed by atoms with Crippen molar-refractivity contribution >= 4 is 11.8 Å². The third kappa shape index (κ3) is 7.91. The second kappa shape index (κ2) is 5.69. The van der Waals surface area contributed by atoms with Gasteiger partial charge in [0.05, 0.1) is 0 Å². The number of carbonyl (C=O) groups excluding carboxylic acids is 2. The Labute approximate surface area is 91.5 Å². The van der Waals surface area contributed by atoms with Crippen molar-refractivity contribution in [1.82, 2.24) is 0 Å². The van der Waals surface area contributed by atoms with Crippen molar-refractivity contribution < 1.29 is 14.3 Å². The van der Waals surface area contributed by atoms with Crippen molar-refractivity contribution in [3.63, 3.8) is 0 Å². The van der Waals surface area contributed by atoms with Crippen molar-refractivity contribution in [2.24, 2.45) is 0 Å². The van der Waals surface area contributed by atoms with Gasteiger partial charge in [-0.1, -0.05) is 6.58 Å². The third-order valence-corrected chi connectivity index (χ3v) is 1.68. The molecule has 0 aromatic heterocycles. The number of Topliss-reactive ketones (excluding diaryl/α,β-unsaturated/α-hetero) is 1. The van der Waals surface area contributed by atoms with Gasteiger partial charge in [-0.05, 0) is 39.7 Å². The Kier molecular flexibility index (Phi) is 5.26. The molecule has 0 N–H and O–H groups in total. The Bertz CT molecular complexity index is 259. The summed E-state index contributed by atoms with van der Waals surface area (Å²) in [6.07, 6.45) is 1.19. The van der Waals surface area contributed by atoms with E-state index in [2.05, 4.69) is 6.58 Å². The summed E-state index contributed by atoms with van der Waals surface area (Å²) in [5.74, 6) is -0.240. The highest BCUT2D eigenvalue weighted by Gasteiger charge is 2.16. The number of rotatable bonds is 5. The second-order valence-electron chi connectivity index (χ2n) is 4.64. The number of hydrogen-bond donors (Lipinski definition) is 0. The first-order valence-electron chi connectivity index (χ1n) is 5.13. The van der Waals surface area contributed by atoms with Crippen LogP contribution in [-0.2, 0) is 14.3 Å². The molecule has 0 fully saturated rings. The summed E-state index contributed by atoms with van der Waals surface area (Å²) >= 11 is 0. The molecule has 0 aromatic rings. The van der Waals surface area contributed by atoms with Crippen LogP contribution in [0.5, 0.6) is 0 Å². The first kappa shape index (κ1) is 13.9. The fraction of sp³-hybridized carbons (Fsp3) is 0.667. The molecule has 0 unspecified atom stereocenters. The zero-order valence-corrected chi connectivity index (χ0v) is 10.1. The molecular weight excluding hydrogens is 192 g/mol. The first-order chi connectivity index (χ1) is 6.72. The maximum atomic E-state index is 11.3. The molecule has 0 rings (SSSR count). The van der Waals surface area contributed by atoms with Gasteiger partial charge in [-0.3, -0.25) is 9.59 Å². The number of allylic oxidation sites excluding steroid dienone is 1. The summed E-state index contributed by atoms with van der Waals surface area (Å²) in [5, 5.41) is 0. The molecule has 15 heavy (non-hydrogen) atoms. The zero-order chi connectivity index (χ0) is 12.1. The molecule has 0 aromatic carbocycles. The Morgan fingerprint density at radius 2 is 1.73 bits per heavy atom. The molecule has 0 aliphatic rings. The van der Waals surface area contributed by atoms with Crippen LogP contribution < -0.4 is 0 Å². The van der Waals surface area contributed by atoms with Crippen LogP contribution in [0.3, 0.4) is 0 Å². The van der Waals surface area contributed by atoms with Crippen LogP contribution in [0.4, 0.5) is 0 Å². The monoisotopic (exact) mass is 212 g/mol. The van der Waals surface area contributed by atoms with E-state index in [1.54, 1.807) is 6.92 Å². The molecule has 0 bridgehead atoms. The molecule has 0 heterocycles. The van der Waals surface area contributed by atoms with Crippen molar-refractivity contribution in [3.8, 4) is 0 Å². The molecule has 3 nitrogen and oxygen atoms in total. The van der Waals surface area contributed by atoms with Gasteiger partial charge in [0.2, 0.25) is 0 Å². The van der Waals surface area contributed by atoms with Gasteiger partial charge in [-0.2, -0.15) is 0 Å². The molecule has 0 spiro atoms. The van der Waals surface area contributed by atoms with E-state index in [1.165, 1.54) is 0 Å². The highest BCUT2D eigenvalue weighted by atomic mass is 16.6. The highest BCUT2D eigenvalue weighted by molar-refractivity contribution is 5.94. The minimum absolute atomic E-state index is 0.0126. The molecule has 0 aliphatic carbocycles. The van der Waals surface area contributed by atoms with Crippen molar-refractivity contribution in [2.75, 3.05) is 0 Å². The maximum Gasteiger partial charge on any atom is 0.306 e. The maximum absolute atomic E-state index is 11.3. The van der Waals surface area contributed by atoms with Crippen LogP contribution in [0.15, 0.2) is 12.2 Å². The molecule has 0 amide bonds. The lowest BCUT2D eigenvalue weighted by molar-refractivity contribution is -0.154. The Morgan fingerprint density at radius 3 is 2.13 bits per heavy atom. The number of ketones is 1. The molecular formula is C12H20O3. The standard InChI is InChI=1S/C12H20O3/c1-9(2)10(13)7-6-8-11(14)15-12(3,4)5/h1,6-8H2,2-5H3. The quantitative estimate of drug-likeness (QED) is 0.519. The number of esters is 1. The van der Waals surface area contributed by atoms with Crippen LogP contribution in [0.2, 0.25) is 0 Å². The normalized spacial score (nSPS) is 10.9. The molecule has 3 heteroatoms. The van der Waals surface area contributed by atoms with Gasteiger partial charge in [0.1, 0.15) is 5.60 Å². The van der Waals surface area contributed by atoms with Crippen LogP contribution in [-0.4, -0.2) is 17.4 Å². The van der Waals surface area contributed by atoms with Crippen LogP contribution in [0, 0.1) is 0 Å². The molecule has 0 atom stereocenters. The molecule has 0 saturated heterocycles. The van der Waals surface area contributed by atoms with E-state index < -0.39 is 5.60 Å². The fourth-order valence-electron chi connectivity index (χ4n) is 0.999. The third-order valence-electron chi connectivity index (χ3n) is 1.68. The highest BCUT2D eigenvalue weighted by Crippen LogP contribution is 2.10. The van der Waals surface area contributed by atoms with E-state index in [1.807, 2.05) is 20.8 Å². The smallest absolute Gasteiger partial charge is 0.306 e. The van der Waals surface area contributed by atoms with Gasteiger partial charge in [0, 0.05) is 12.8 Å².